The van der Waals surface area contributed by atoms with Crippen LogP contribution >= 0.6 is 11.6 Å². The Morgan fingerprint density at radius 2 is 1.87 bits per heavy atom. The van der Waals surface area contributed by atoms with Crippen LogP contribution in [0.4, 0.5) is 28.9 Å². The van der Waals surface area contributed by atoms with Gasteiger partial charge >= 0.3 is 6.18 Å². The first-order valence-electron chi connectivity index (χ1n) is 5.87. The van der Waals surface area contributed by atoms with Crippen LogP contribution in [0.1, 0.15) is 5.56 Å². The Morgan fingerprint density at radius 1 is 1.22 bits per heavy atom. The van der Waals surface area contributed by atoms with Gasteiger partial charge < -0.3 is 10.5 Å². The van der Waals surface area contributed by atoms with Gasteiger partial charge in [0.25, 0.3) is 5.69 Å². The minimum atomic E-state index is -4.77. The van der Waals surface area contributed by atoms with Gasteiger partial charge in [-0.15, -0.1) is 0 Å². The summed E-state index contributed by atoms with van der Waals surface area (Å²) in [6.45, 7) is 0. The molecule has 2 aromatic rings. The number of nitro groups is 1. The monoisotopic (exact) mass is 350 g/mol. The molecule has 0 aliphatic rings. The Morgan fingerprint density at radius 3 is 2.39 bits per heavy atom. The maximum Gasteiger partial charge on any atom is 0.416 e. The zero-order chi connectivity index (χ0) is 17.4. The van der Waals surface area contributed by atoms with Crippen LogP contribution in [0.3, 0.4) is 0 Å². The molecule has 0 saturated carbocycles. The molecule has 0 aliphatic carbocycles. The maximum atomic E-state index is 13.8. The van der Waals surface area contributed by atoms with E-state index in [-0.39, 0.29) is 17.5 Å². The highest BCUT2D eigenvalue weighted by molar-refractivity contribution is 6.32. The van der Waals surface area contributed by atoms with Crippen LogP contribution in [-0.4, -0.2) is 4.92 Å². The fraction of sp³-hybridized carbons (Fsp3) is 0.0769. The number of alkyl halides is 3. The van der Waals surface area contributed by atoms with Gasteiger partial charge in [-0.3, -0.25) is 10.1 Å². The Bertz CT molecular complexity index is 757. The van der Waals surface area contributed by atoms with Crippen molar-refractivity contribution >= 4 is 23.0 Å². The molecule has 0 spiro atoms. The SMILES string of the molecule is Nc1ccc(Oc2c(F)cc(C(F)(F)F)cc2Cl)cc1[N+](=O)[O-]. The smallest absolute Gasteiger partial charge is 0.416 e. The van der Waals surface area contributed by atoms with E-state index in [0.717, 1.165) is 12.1 Å². The highest BCUT2D eigenvalue weighted by atomic mass is 35.5. The van der Waals surface area contributed by atoms with Crippen molar-refractivity contribution in [3.8, 4) is 11.5 Å². The number of halogens is 5. The molecule has 2 aromatic carbocycles. The molecule has 0 saturated heterocycles. The zero-order valence-electron chi connectivity index (χ0n) is 11.0. The van der Waals surface area contributed by atoms with Crippen LogP contribution in [-0.2, 0) is 6.18 Å². The van der Waals surface area contributed by atoms with Gasteiger partial charge in [0.15, 0.2) is 11.6 Å². The lowest BCUT2D eigenvalue weighted by Crippen LogP contribution is -2.06. The van der Waals surface area contributed by atoms with Gasteiger partial charge in [-0.25, -0.2) is 4.39 Å². The molecule has 0 bridgehead atoms. The predicted molar refractivity (Wildman–Crippen MR) is 74.0 cm³/mol. The van der Waals surface area contributed by atoms with E-state index in [0.29, 0.717) is 6.07 Å². The number of rotatable bonds is 3. The van der Waals surface area contributed by atoms with E-state index in [4.69, 9.17) is 22.1 Å². The van der Waals surface area contributed by atoms with Crippen LogP contribution in [0.15, 0.2) is 30.3 Å². The molecule has 0 radical (unpaired) electrons. The molecule has 0 heterocycles. The third-order valence-electron chi connectivity index (χ3n) is 2.74. The van der Waals surface area contributed by atoms with Crippen molar-refractivity contribution in [2.75, 3.05) is 5.73 Å². The van der Waals surface area contributed by atoms with Crippen molar-refractivity contribution in [1.82, 2.24) is 0 Å². The van der Waals surface area contributed by atoms with E-state index in [2.05, 4.69) is 0 Å². The Labute approximate surface area is 131 Å². The van der Waals surface area contributed by atoms with Crippen LogP contribution < -0.4 is 10.5 Å². The van der Waals surface area contributed by atoms with Gasteiger partial charge in [-0.1, -0.05) is 11.6 Å². The first-order valence-corrected chi connectivity index (χ1v) is 6.25. The van der Waals surface area contributed by atoms with E-state index < -0.39 is 38.9 Å². The Balaban J connectivity index is 2.42. The lowest BCUT2D eigenvalue weighted by molar-refractivity contribution is -0.384. The highest BCUT2D eigenvalue weighted by Gasteiger charge is 2.32. The summed E-state index contributed by atoms with van der Waals surface area (Å²) >= 11 is 5.60. The molecular weight excluding hydrogens is 344 g/mol. The molecule has 2 N–H and O–H groups in total. The number of benzene rings is 2. The van der Waals surface area contributed by atoms with Gasteiger partial charge in [0.05, 0.1) is 21.6 Å². The van der Waals surface area contributed by atoms with Crippen molar-refractivity contribution in [1.29, 1.82) is 0 Å². The summed E-state index contributed by atoms with van der Waals surface area (Å²) in [5.74, 6) is -2.24. The minimum absolute atomic E-state index is 0.152. The fourth-order valence-corrected chi connectivity index (χ4v) is 1.93. The van der Waals surface area contributed by atoms with E-state index in [9.17, 15) is 27.7 Å². The average Bonchev–Trinajstić information content (AvgIpc) is 2.43. The molecule has 0 unspecified atom stereocenters. The zero-order valence-corrected chi connectivity index (χ0v) is 11.8. The summed E-state index contributed by atoms with van der Waals surface area (Å²) in [5.41, 5.74) is 3.46. The summed E-state index contributed by atoms with van der Waals surface area (Å²) in [4.78, 5) is 9.98. The number of anilines is 1. The highest BCUT2D eigenvalue weighted by Crippen LogP contribution is 2.39. The van der Waals surface area contributed by atoms with Crippen molar-refractivity contribution in [3.63, 3.8) is 0 Å². The molecule has 0 aromatic heterocycles. The van der Waals surface area contributed by atoms with E-state index in [1.165, 1.54) is 6.07 Å². The molecule has 0 aliphatic heterocycles. The first-order chi connectivity index (χ1) is 10.6. The van der Waals surface area contributed by atoms with E-state index in [1.807, 2.05) is 0 Å². The number of nitrogens with zero attached hydrogens (tertiary/aromatic N) is 1. The Hall–Kier alpha value is -2.55. The first kappa shape index (κ1) is 16.8. The molecule has 0 fully saturated rings. The molecular formula is C13H7ClF4N2O3. The van der Waals surface area contributed by atoms with Crippen LogP contribution in [0, 0.1) is 15.9 Å². The second-order valence-corrected chi connectivity index (χ2v) is 4.75. The number of ether oxygens (including phenoxy) is 1. The van der Waals surface area contributed by atoms with Gasteiger partial charge in [0, 0.05) is 0 Å². The lowest BCUT2D eigenvalue weighted by atomic mass is 10.2. The second-order valence-electron chi connectivity index (χ2n) is 4.35. The largest absolute Gasteiger partial charge is 0.452 e. The maximum absolute atomic E-state index is 13.8. The van der Waals surface area contributed by atoms with E-state index in [1.54, 1.807) is 0 Å². The van der Waals surface area contributed by atoms with Crippen molar-refractivity contribution in [2.24, 2.45) is 0 Å². The third kappa shape index (κ3) is 3.62. The quantitative estimate of drug-likeness (QED) is 0.374. The van der Waals surface area contributed by atoms with Gasteiger partial charge in [0.1, 0.15) is 11.4 Å². The summed E-state index contributed by atoms with van der Waals surface area (Å²) in [6.07, 6.45) is -4.77. The second kappa shape index (κ2) is 5.92. The molecule has 0 amide bonds. The Kier molecular flexibility index (Phi) is 4.33. The van der Waals surface area contributed by atoms with Crippen molar-refractivity contribution in [2.45, 2.75) is 6.18 Å². The number of nitrogen functional groups attached to an aromatic ring is 1. The summed E-state index contributed by atoms with van der Waals surface area (Å²) in [5, 5.41) is 10.1. The van der Waals surface area contributed by atoms with Gasteiger partial charge in [0.2, 0.25) is 0 Å². The fourth-order valence-electron chi connectivity index (χ4n) is 1.68. The summed E-state index contributed by atoms with van der Waals surface area (Å²) in [6, 6.07) is 3.94. The van der Waals surface area contributed by atoms with Crippen molar-refractivity contribution in [3.05, 3.63) is 56.8 Å². The minimum Gasteiger partial charge on any atom is -0.452 e. The van der Waals surface area contributed by atoms with Crippen molar-refractivity contribution < 1.29 is 27.2 Å². The number of nitro benzene ring substituents is 1. The molecule has 10 heteroatoms. The molecule has 0 atom stereocenters. The summed E-state index contributed by atoms with van der Waals surface area (Å²) < 4.78 is 56.4. The third-order valence-corrected chi connectivity index (χ3v) is 3.02. The predicted octanol–water partition coefficient (Wildman–Crippen LogP) is 4.78. The van der Waals surface area contributed by atoms with Crippen LogP contribution in [0.2, 0.25) is 5.02 Å². The number of nitrogens with two attached hydrogens (primary N) is 1. The molecule has 122 valence electrons. The molecule has 2 rings (SSSR count). The standard InChI is InChI=1S/C13H7ClF4N2O3/c14-8-3-6(13(16,17)18)4-9(15)12(8)23-7-1-2-10(19)11(5-7)20(21)22/h1-5H,19H2. The molecule has 23 heavy (non-hydrogen) atoms. The average molecular weight is 351 g/mol. The normalized spacial score (nSPS) is 11.3. The van der Waals surface area contributed by atoms with Crippen LogP contribution in [0.25, 0.3) is 0 Å². The number of hydrogen-bond acceptors (Lipinski definition) is 4. The topological polar surface area (TPSA) is 78.4 Å². The number of hydrogen-bond donors (Lipinski definition) is 1. The van der Waals surface area contributed by atoms with Gasteiger partial charge in [-0.2, -0.15) is 13.2 Å². The van der Waals surface area contributed by atoms with E-state index >= 15 is 0 Å². The summed E-state index contributed by atoms with van der Waals surface area (Å²) in [7, 11) is 0. The van der Waals surface area contributed by atoms with Crippen LogP contribution in [0.5, 0.6) is 11.5 Å². The molecule has 5 nitrogen and oxygen atoms in total. The van der Waals surface area contributed by atoms with Gasteiger partial charge in [-0.05, 0) is 24.3 Å². The lowest BCUT2D eigenvalue weighted by Gasteiger charge is -2.12.